The van der Waals surface area contributed by atoms with Crippen molar-refractivity contribution in [3.8, 4) is 0 Å². The molecule has 0 saturated carbocycles. The Morgan fingerprint density at radius 1 is 1.16 bits per heavy atom. The second-order valence-corrected chi connectivity index (χ2v) is 12.6. The Labute approximate surface area is 198 Å². The van der Waals surface area contributed by atoms with E-state index in [9.17, 15) is 9.59 Å². The molecular weight excluding hydrogens is 416 g/mol. The average Bonchev–Trinajstić information content (AvgIpc) is 3.08. The topological polar surface area (TPSA) is 52.6 Å². The van der Waals surface area contributed by atoms with Crippen LogP contribution in [-0.4, -0.2) is 27.9 Å². The molecule has 2 atom stereocenters. The normalized spacial score (nSPS) is 19.1. The fourth-order valence-corrected chi connectivity index (χ4v) is 4.80. The molecule has 0 aromatic carbocycles. The van der Waals surface area contributed by atoms with Crippen LogP contribution in [0.15, 0.2) is 35.6 Å². The van der Waals surface area contributed by atoms with Gasteiger partial charge in [-0.2, -0.15) is 0 Å². The smallest absolute Gasteiger partial charge is 0.305 e. The van der Waals surface area contributed by atoms with Crippen molar-refractivity contribution in [3.05, 3.63) is 35.6 Å². The van der Waals surface area contributed by atoms with Crippen LogP contribution >= 0.6 is 0 Å². The van der Waals surface area contributed by atoms with Crippen molar-refractivity contribution >= 4 is 20.8 Å². The maximum atomic E-state index is 12.6. The molecule has 0 radical (unpaired) electrons. The van der Waals surface area contributed by atoms with E-state index in [1.807, 2.05) is 6.08 Å². The van der Waals surface area contributed by atoms with Gasteiger partial charge in [-0.3, -0.25) is 9.59 Å². The molecule has 0 aliphatic heterocycles. The first-order valence-electron chi connectivity index (χ1n) is 12.5. The number of ketones is 1. The Morgan fingerprint density at radius 2 is 1.88 bits per heavy atom. The third-order valence-corrected chi connectivity index (χ3v) is 6.75. The van der Waals surface area contributed by atoms with Crippen LogP contribution in [0, 0.1) is 17.3 Å². The van der Waals surface area contributed by atoms with Gasteiger partial charge in [0.1, 0.15) is 0 Å². The lowest BCUT2D eigenvalue weighted by Crippen LogP contribution is -2.22. The zero-order chi connectivity index (χ0) is 24.1. The van der Waals surface area contributed by atoms with Crippen LogP contribution in [0.4, 0.5) is 0 Å². The zero-order valence-corrected chi connectivity index (χ0v) is 22.7. The molecule has 4 nitrogen and oxygen atoms in total. The molecule has 5 heteroatoms. The number of allylic oxidation sites excluding steroid dienone is 4. The van der Waals surface area contributed by atoms with Gasteiger partial charge >= 0.3 is 5.97 Å². The highest BCUT2D eigenvalue weighted by atomic mass is 28.3. The first-order valence-corrected chi connectivity index (χ1v) is 15.3. The monoisotopic (exact) mass is 462 g/mol. The van der Waals surface area contributed by atoms with Gasteiger partial charge in [0.25, 0.3) is 0 Å². The van der Waals surface area contributed by atoms with E-state index in [0.717, 1.165) is 43.4 Å². The third kappa shape index (κ3) is 10.3. The van der Waals surface area contributed by atoms with Crippen LogP contribution in [0.1, 0.15) is 85.5 Å². The summed E-state index contributed by atoms with van der Waals surface area (Å²) < 4.78 is 11.1. The van der Waals surface area contributed by atoms with Crippen molar-refractivity contribution < 1.29 is 18.8 Å². The molecule has 0 fully saturated rings. The number of esters is 1. The van der Waals surface area contributed by atoms with E-state index >= 15 is 0 Å². The maximum Gasteiger partial charge on any atom is 0.305 e. The molecule has 182 valence electrons. The molecule has 0 amide bonds. The van der Waals surface area contributed by atoms with E-state index in [4.69, 9.17) is 4.43 Å². The summed E-state index contributed by atoms with van der Waals surface area (Å²) >= 11 is 0. The van der Waals surface area contributed by atoms with Crippen molar-refractivity contribution in [2.45, 2.75) is 98.6 Å². The number of hydrogen-bond acceptors (Lipinski definition) is 4. The van der Waals surface area contributed by atoms with Crippen molar-refractivity contribution in [3.63, 3.8) is 0 Å². The van der Waals surface area contributed by atoms with Crippen molar-refractivity contribution in [2.24, 2.45) is 17.3 Å². The molecular formula is C27H46O4Si. The van der Waals surface area contributed by atoms with Gasteiger partial charge in [0.15, 0.2) is 5.78 Å². The second kappa shape index (κ2) is 14.5. The van der Waals surface area contributed by atoms with Gasteiger partial charge in [0.05, 0.1) is 18.8 Å². The largest absolute Gasteiger partial charge is 0.549 e. The molecule has 0 bridgehead atoms. The molecule has 32 heavy (non-hydrogen) atoms. The van der Waals surface area contributed by atoms with Crippen molar-refractivity contribution in [1.29, 1.82) is 0 Å². The fourth-order valence-electron chi connectivity index (χ4n) is 4.03. The number of carbonyl (C=O) groups excluding carboxylic acids is 2. The average molecular weight is 463 g/mol. The van der Waals surface area contributed by atoms with Crippen LogP contribution in [-0.2, 0) is 18.8 Å². The highest BCUT2D eigenvalue weighted by molar-refractivity contribution is 6.48. The number of unbranched alkanes of at least 4 members (excludes halogenated alkanes) is 5. The summed E-state index contributed by atoms with van der Waals surface area (Å²) in [6, 6.07) is 0. The Balaban J connectivity index is 2.96. The first kappa shape index (κ1) is 28.4. The number of methoxy groups -OCH3 is 1. The lowest BCUT2D eigenvalue weighted by Gasteiger charge is -2.31. The van der Waals surface area contributed by atoms with Crippen molar-refractivity contribution in [2.75, 3.05) is 7.11 Å². The SMILES string of the molecule is CCCCCC(/C=C(\O[SiH](C)C)C1C=CC(=O)/C1=C\CCCCCC(=O)OC)C(C)(C)C. The standard InChI is InChI=1S/C27H46O4Si/c1-8-9-12-15-21(27(2,3)4)20-25(31-32(6)7)23-18-19-24(28)22(23)16-13-10-11-14-17-26(29)30-5/h16,18-21,23,32H,8-15,17H2,1-7H3/b22-16-,25-20-. The number of hydrogen-bond donors (Lipinski definition) is 0. The van der Waals surface area contributed by atoms with Crippen LogP contribution in [0.25, 0.3) is 0 Å². The molecule has 0 saturated heterocycles. The Morgan fingerprint density at radius 3 is 2.47 bits per heavy atom. The van der Waals surface area contributed by atoms with Crippen LogP contribution in [0.5, 0.6) is 0 Å². The highest BCUT2D eigenvalue weighted by Crippen LogP contribution is 2.37. The third-order valence-electron chi connectivity index (χ3n) is 6.01. The van der Waals surface area contributed by atoms with Crippen molar-refractivity contribution in [1.82, 2.24) is 0 Å². The van der Waals surface area contributed by atoms with Crippen LogP contribution in [0.2, 0.25) is 13.1 Å². The Bertz CT molecular complexity index is 682. The first-order chi connectivity index (χ1) is 15.1. The maximum absolute atomic E-state index is 12.6. The highest BCUT2D eigenvalue weighted by Gasteiger charge is 2.30. The summed E-state index contributed by atoms with van der Waals surface area (Å²) in [6.45, 7) is 13.5. The van der Waals surface area contributed by atoms with Crippen LogP contribution < -0.4 is 0 Å². The lowest BCUT2D eigenvalue weighted by molar-refractivity contribution is -0.140. The van der Waals surface area contributed by atoms with Gasteiger partial charge in [-0.05, 0) is 62.3 Å². The molecule has 0 heterocycles. The zero-order valence-electron chi connectivity index (χ0n) is 21.5. The molecule has 0 aromatic heterocycles. The molecule has 1 aliphatic carbocycles. The molecule has 0 N–H and O–H groups in total. The van der Waals surface area contributed by atoms with Gasteiger partial charge in [-0.1, -0.05) is 65.5 Å². The number of ether oxygens (including phenoxy) is 1. The predicted molar refractivity (Wildman–Crippen MR) is 136 cm³/mol. The minimum atomic E-state index is -1.32. The van der Waals surface area contributed by atoms with Gasteiger partial charge in [-0.15, -0.1) is 0 Å². The molecule has 1 aliphatic rings. The summed E-state index contributed by atoms with van der Waals surface area (Å²) in [5.41, 5.74) is 0.997. The lowest BCUT2D eigenvalue weighted by atomic mass is 9.76. The van der Waals surface area contributed by atoms with Crippen LogP contribution in [0.3, 0.4) is 0 Å². The molecule has 2 unspecified atom stereocenters. The second-order valence-electron chi connectivity index (χ2n) is 10.2. The van der Waals surface area contributed by atoms with Gasteiger partial charge in [0.2, 0.25) is 9.04 Å². The number of rotatable bonds is 14. The van der Waals surface area contributed by atoms with E-state index < -0.39 is 9.04 Å². The van der Waals surface area contributed by atoms with E-state index in [1.54, 1.807) is 6.08 Å². The summed E-state index contributed by atoms with van der Waals surface area (Å²) in [7, 11) is 0.105. The molecule has 1 rings (SSSR count). The minimum absolute atomic E-state index is 0.0662. The van der Waals surface area contributed by atoms with Gasteiger partial charge in [0, 0.05) is 12.0 Å². The minimum Gasteiger partial charge on any atom is -0.549 e. The van der Waals surface area contributed by atoms with Gasteiger partial charge in [-0.25, -0.2) is 0 Å². The summed E-state index contributed by atoms with van der Waals surface area (Å²) in [6.07, 6.45) is 17.0. The molecule has 0 spiro atoms. The summed E-state index contributed by atoms with van der Waals surface area (Å²) in [4.78, 5) is 23.9. The van der Waals surface area contributed by atoms with E-state index in [1.165, 1.54) is 26.4 Å². The Kier molecular flexibility index (Phi) is 12.9. The van der Waals surface area contributed by atoms with Gasteiger partial charge < -0.3 is 9.16 Å². The quantitative estimate of drug-likeness (QED) is 0.0924. The Hall–Kier alpha value is -1.62. The summed E-state index contributed by atoms with van der Waals surface area (Å²) in [5, 5.41) is 0. The summed E-state index contributed by atoms with van der Waals surface area (Å²) in [5.74, 6) is 1.27. The van der Waals surface area contributed by atoms with E-state index in [2.05, 4.69) is 57.7 Å². The van der Waals surface area contributed by atoms with E-state index in [-0.39, 0.29) is 23.1 Å². The molecule has 0 aromatic rings. The van der Waals surface area contributed by atoms with E-state index in [0.29, 0.717) is 12.3 Å². The fraction of sp³-hybridized carbons (Fsp3) is 0.704. The number of carbonyl (C=O) groups is 2. The predicted octanol–water partition coefficient (Wildman–Crippen LogP) is 6.92.